The highest BCUT2D eigenvalue weighted by Gasteiger charge is 2.46. The second kappa shape index (κ2) is 11.1. The molecule has 0 spiro atoms. The predicted octanol–water partition coefficient (Wildman–Crippen LogP) is 6.50. The lowest BCUT2D eigenvalue weighted by atomic mass is 10.0. The molecule has 0 bridgehead atoms. The van der Waals surface area contributed by atoms with Crippen LogP contribution in [0.3, 0.4) is 0 Å². The molecular formula is C31H27Cl2FN4O4. The van der Waals surface area contributed by atoms with Gasteiger partial charge in [-0.05, 0) is 61.9 Å². The summed E-state index contributed by atoms with van der Waals surface area (Å²) in [7, 11) is 0. The molecular weight excluding hydrogens is 582 g/mol. The van der Waals surface area contributed by atoms with Crippen molar-refractivity contribution in [2.75, 3.05) is 31.2 Å². The predicted molar refractivity (Wildman–Crippen MR) is 158 cm³/mol. The summed E-state index contributed by atoms with van der Waals surface area (Å²) >= 11 is 12.3. The van der Waals surface area contributed by atoms with E-state index in [-0.39, 0.29) is 34.1 Å². The van der Waals surface area contributed by atoms with Crippen LogP contribution in [0.4, 0.5) is 10.1 Å². The van der Waals surface area contributed by atoms with Crippen LogP contribution in [0, 0.1) is 5.82 Å². The molecule has 1 N–H and O–H groups in total. The first kappa shape index (κ1) is 28.2. The average Bonchev–Trinajstić information content (AvgIpc) is 3.50. The lowest BCUT2D eigenvalue weighted by Gasteiger charge is -2.29. The van der Waals surface area contributed by atoms with Gasteiger partial charge in [0.25, 0.3) is 11.8 Å². The fourth-order valence-corrected chi connectivity index (χ4v) is 5.90. The van der Waals surface area contributed by atoms with Gasteiger partial charge in [-0.15, -0.1) is 0 Å². The van der Waals surface area contributed by atoms with E-state index in [1.807, 2.05) is 18.4 Å². The highest BCUT2D eigenvalue weighted by Crippen LogP contribution is 2.46. The minimum atomic E-state index is -0.776. The molecule has 8 nitrogen and oxygen atoms in total. The van der Waals surface area contributed by atoms with Gasteiger partial charge in [0.2, 0.25) is 0 Å². The zero-order chi connectivity index (χ0) is 29.7. The molecule has 6 rings (SSSR count). The Kier molecular flexibility index (Phi) is 7.43. The summed E-state index contributed by atoms with van der Waals surface area (Å²) < 4.78 is 22.6. The number of morpholine rings is 1. The zero-order valence-electron chi connectivity index (χ0n) is 22.9. The molecule has 4 aromatic rings. The van der Waals surface area contributed by atoms with Gasteiger partial charge in [-0.2, -0.15) is 0 Å². The van der Waals surface area contributed by atoms with Gasteiger partial charge in [0.1, 0.15) is 17.6 Å². The largest absolute Gasteiger partial charge is 0.507 e. The second-order valence-corrected chi connectivity index (χ2v) is 11.3. The van der Waals surface area contributed by atoms with Crippen molar-refractivity contribution in [1.29, 1.82) is 0 Å². The van der Waals surface area contributed by atoms with Crippen LogP contribution < -0.4 is 4.90 Å². The van der Waals surface area contributed by atoms with Gasteiger partial charge in [-0.1, -0.05) is 41.4 Å². The number of aromatic hydroxyl groups is 1. The van der Waals surface area contributed by atoms with Crippen molar-refractivity contribution >= 4 is 40.7 Å². The Hall–Kier alpha value is -3.92. The summed E-state index contributed by atoms with van der Waals surface area (Å²) in [6.07, 6.45) is 0. The number of amides is 2. The number of halogens is 3. The van der Waals surface area contributed by atoms with Crippen LogP contribution in [-0.4, -0.2) is 57.7 Å². The van der Waals surface area contributed by atoms with E-state index in [0.29, 0.717) is 59.5 Å². The summed E-state index contributed by atoms with van der Waals surface area (Å²) in [5.41, 5.74) is 2.02. The van der Waals surface area contributed by atoms with Crippen LogP contribution in [-0.2, 0) is 4.74 Å². The molecule has 2 aliphatic heterocycles. The third kappa shape index (κ3) is 4.71. The lowest BCUT2D eigenvalue weighted by Crippen LogP contribution is -2.40. The molecule has 1 aromatic heterocycles. The van der Waals surface area contributed by atoms with Gasteiger partial charge in [-0.25, -0.2) is 9.37 Å². The maximum Gasteiger partial charge on any atom is 0.279 e. The number of carbonyl (C=O) groups is 2. The number of anilines is 1. The number of hydrogen-bond acceptors (Lipinski definition) is 5. The molecule has 0 aliphatic carbocycles. The minimum Gasteiger partial charge on any atom is -0.507 e. The van der Waals surface area contributed by atoms with Crippen LogP contribution in [0.5, 0.6) is 5.75 Å². The smallest absolute Gasteiger partial charge is 0.279 e. The van der Waals surface area contributed by atoms with Crippen molar-refractivity contribution in [3.05, 3.63) is 99.0 Å². The molecule has 216 valence electrons. The number of aromatic nitrogens is 2. The topological polar surface area (TPSA) is 87.9 Å². The molecule has 42 heavy (non-hydrogen) atoms. The van der Waals surface area contributed by atoms with Crippen LogP contribution >= 0.6 is 23.2 Å². The number of ether oxygens (including phenoxy) is 1. The number of nitrogens with zero attached hydrogens (tertiary/aromatic N) is 4. The average molecular weight is 609 g/mol. The Morgan fingerprint density at radius 1 is 1.07 bits per heavy atom. The normalized spacial score (nSPS) is 16.8. The van der Waals surface area contributed by atoms with E-state index in [0.717, 1.165) is 0 Å². The van der Waals surface area contributed by atoms with Crippen LogP contribution in [0.1, 0.15) is 58.0 Å². The van der Waals surface area contributed by atoms with Crippen molar-refractivity contribution in [2.45, 2.75) is 25.9 Å². The molecule has 3 heterocycles. The van der Waals surface area contributed by atoms with Crippen LogP contribution in [0.25, 0.3) is 11.4 Å². The first-order chi connectivity index (χ1) is 20.2. The summed E-state index contributed by atoms with van der Waals surface area (Å²) in [5.74, 6) is -1.20. The van der Waals surface area contributed by atoms with Gasteiger partial charge in [0.05, 0.1) is 35.2 Å². The van der Waals surface area contributed by atoms with Gasteiger partial charge >= 0.3 is 0 Å². The SMILES string of the molecule is CC(C)n1c(-c2cc(C(=O)N3CCOCC3)ccc2O)nc2c1C(c1ccc(Cl)cc1)N(c1cccc(Cl)c1F)C2=O. The molecule has 1 fully saturated rings. The van der Waals surface area contributed by atoms with E-state index in [1.165, 1.54) is 23.1 Å². The maximum absolute atomic E-state index is 15.4. The Morgan fingerprint density at radius 2 is 1.79 bits per heavy atom. The number of rotatable bonds is 5. The highest BCUT2D eigenvalue weighted by molar-refractivity contribution is 6.31. The summed E-state index contributed by atoms with van der Waals surface area (Å²) in [6, 6.07) is 15.1. The van der Waals surface area contributed by atoms with Gasteiger partial charge in [0, 0.05) is 29.7 Å². The van der Waals surface area contributed by atoms with E-state index in [1.54, 1.807) is 47.4 Å². The molecule has 11 heteroatoms. The van der Waals surface area contributed by atoms with Crippen molar-refractivity contribution in [1.82, 2.24) is 14.5 Å². The zero-order valence-corrected chi connectivity index (χ0v) is 24.4. The molecule has 0 radical (unpaired) electrons. The van der Waals surface area contributed by atoms with Crippen molar-refractivity contribution in [3.63, 3.8) is 0 Å². The number of hydrogen-bond donors (Lipinski definition) is 1. The standard InChI is InChI=1S/C31H27Cl2FN4O4/c1-17(2)37-28-26(35-29(37)21-16-19(8-11-24(21)39)30(40)36-12-14-42-15-13-36)31(41)38(23-5-3-4-22(33)25(23)34)27(28)18-6-9-20(32)10-7-18/h3-11,16-17,27,39H,12-15H2,1-2H3. The Bertz CT molecular complexity index is 1700. The van der Waals surface area contributed by atoms with E-state index in [9.17, 15) is 14.7 Å². The van der Waals surface area contributed by atoms with E-state index < -0.39 is 17.8 Å². The second-order valence-electron chi connectivity index (χ2n) is 10.5. The molecule has 2 aliphatic rings. The van der Waals surface area contributed by atoms with E-state index >= 15 is 4.39 Å². The Labute approximate surface area is 251 Å². The molecule has 1 unspecified atom stereocenters. The quantitative estimate of drug-likeness (QED) is 0.279. The van der Waals surface area contributed by atoms with Crippen LogP contribution in [0.2, 0.25) is 10.0 Å². The third-order valence-corrected chi connectivity index (χ3v) is 8.11. The number of benzene rings is 3. The monoisotopic (exact) mass is 608 g/mol. The molecule has 2 amide bonds. The summed E-state index contributed by atoms with van der Waals surface area (Å²) in [5, 5.41) is 11.4. The van der Waals surface area contributed by atoms with E-state index in [2.05, 4.69) is 0 Å². The minimum absolute atomic E-state index is 0.0169. The van der Waals surface area contributed by atoms with Crippen molar-refractivity contribution in [2.24, 2.45) is 0 Å². The van der Waals surface area contributed by atoms with Gasteiger partial charge in [-0.3, -0.25) is 14.5 Å². The molecule has 3 aromatic carbocycles. The number of carbonyl (C=O) groups excluding carboxylic acids is 2. The van der Waals surface area contributed by atoms with Crippen LogP contribution in [0.15, 0.2) is 60.7 Å². The summed E-state index contributed by atoms with van der Waals surface area (Å²) in [6.45, 7) is 5.71. The number of phenolic OH excluding ortho intramolecular Hbond substituents is 1. The fourth-order valence-electron chi connectivity index (χ4n) is 5.61. The molecule has 0 saturated carbocycles. The number of imidazole rings is 1. The van der Waals surface area contributed by atoms with Gasteiger partial charge < -0.3 is 19.3 Å². The van der Waals surface area contributed by atoms with Crippen molar-refractivity contribution < 1.29 is 23.8 Å². The van der Waals surface area contributed by atoms with Gasteiger partial charge in [0.15, 0.2) is 11.5 Å². The number of phenols is 1. The number of fused-ring (bicyclic) bond motifs is 1. The Morgan fingerprint density at radius 3 is 2.48 bits per heavy atom. The van der Waals surface area contributed by atoms with E-state index in [4.69, 9.17) is 32.9 Å². The molecule has 1 atom stereocenters. The maximum atomic E-state index is 15.4. The Balaban J connectivity index is 1.54. The fraction of sp³-hybridized carbons (Fsp3) is 0.258. The third-order valence-electron chi connectivity index (χ3n) is 7.56. The first-order valence-electron chi connectivity index (χ1n) is 13.5. The first-order valence-corrected chi connectivity index (χ1v) is 14.3. The highest BCUT2D eigenvalue weighted by atomic mass is 35.5. The molecule has 1 saturated heterocycles. The van der Waals surface area contributed by atoms with Crippen molar-refractivity contribution in [3.8, 4) is 17.1 Å². The lowest BCUT2D eigenvalue weighted by molar-refractivity contribution is 0.0303. The summed E-state index contributed by atoms with van der Waals surface area (Å²) in [4.78, 5) is 35.1.